The first-order valence-corrected chi connectivity index (χ1v) is 7.58. The maximum absolute atomic E-state index is 10.4. The molecule has 1 unspecified atom stereocenters. The van der Waals surface area contributed by atoms with Gasteiger partial charge in [0.25, 0.3) is 0 Å². The summed E-state index contributed by atoms with van der Waals surface area (Å²) in [6, 6.07) is 5.35. The highest BCUT2D eigenvalue weighted by Gasteiger charge is 2.14. The fourth-order valence-electron chi connectivity index (χ4n) is 1.96. The van der Waals surface area contributed by atoms with Gasteiger partial charge >= 0.3 is 0 Å². The summed E-state index contributed by atoms with van der Waals surface area (Å²) >= 11 is 0. The average molecular weight is 309 g/mol. The Morgan fingerprint density at radius 2 is 2.00 bits per heavy atom. The molecule has 1 rings (SSSR count). The van der Waals surface area contributed by atoms with Crippen molar-refractivity contribution in [3.05, 3.63) is 23.8 Å². The molecule has 0 aromatic heterocycles. The van der Waals surface area contributed by atoms with Gasteiger partial charge in [0.05, 0.1) is 20.8 Å². The van der Waals surface area contributed by atoms with Crippen molar-refractivity contribution in [3.63, 3.8) is 0 Å². The van der Waals surface area contributed by atoms with E-state index in [1.165, 1.54) is 0 Å². The van der Waals surface area contributed by atoms with Crippen molar-refractivity contribution in [2.45, 2.75) is 26.4 Å². The number of aliphatic imine (C=N–C) groups is 1. The summed E-state index contributed by atoms with van der Waals surface area (Å²) in [5.41, 5.74) is 0.664. The highest BCUT2D eigenvalue weighted by Crippen LogP contribution is 2.29. The summed E-state index contributed by atoms with van der Waals surface area (Å²) in [4.78, 5) is 4.41. The van der Waals surface area contributed by atoms with Gasteiger partial charge in [0.15, 0.2) is 5.96 Å². The lowest BCUT2D eigenvalue weighted by Gasteiger charge is -2.16. The number of nitrogens with one attached hydrogen (secondary N) is 2. The van der Waals surface area contributed by atoms with Crippen LogP contribution in [0.3, 0.4) is 0 Å². The molecule has 0 amide bonds. The third-order valence-electron chi connectivity index (χ3n) is 3.10. The number of guanidine groups is 1. The van der Waals surface area contributed by atoms with Crippen LogP contribution in [0.15, 0.2) is 23.2 Å². The van der Waals surface area contributed by atoms with E-state index in [0.29, 0.717) is 23.0 Å². The van der Waals surface area contributed by atoms with Gasteiger partial charge in [-0.3, -0.25) is 4.99 Å². The van der Waals surface area contributed by atoms with Gasteiger partial charge < -0.3 is 25.2 Å². The molecule has 0 aliphatic carbocycles. The Morgan fingerprint density at radius 1 is 1.23 bits per heavy atom. The molecule has 0 heterocycles. The van der Waals surface area contributed by atoms with Crippen molar-refractivity contribution in [1.82, 2.24) is 10.6 Å². The molecule has 0 saturated heterocycles. The lowest BCUT2D eigenvalue weighted by Crippen LogP contribution is -2.38. The van der Waals surface area contributed by atoms with Gasteiger partial charge in [-0.15, -0.1) is 0 Å². The number of nitrogens with zero attached hydrogens (tertiary/aromatic N) is 1. The molecule has 0 aliphatic heterocycles. The maximum atomic E-state index is 10.4. The van der Waals surface area contributed by atoms with Crippen molar-refractivity contribution < 1.29 is 14.6 Å². The molecular weight excluding hydrogens is 282 g/mol. The Balaban J connectivity index is 2.83. The Labute approximate surface area is 132 Å². The molecule has 6 nitrogen and oxygen atoms in total. The number of methoxy groups -OCH3 is 2. The van der Waals surface area contributed by atoms with Crippen LogP contribution >= 0.6 is 0 Å². The number of hydrogen-bond donors (Lipinski definition) is 3. The minimum absolute atomic E-state index is 0.239. The van der Waals surface area contributed by atoms with Gasteiger partial charge in [-0.25, -0.2) is 0 Å². The molecule has 1 aromatic rings. The Kier molecular flexibility index (Phi) is 8.14. The zero-order valence-electron chi connectivity index (χ0n) is 13.8. The van der Waals surface area contributed by atoms with E-state index < -0.39 is 6.10 Å². The Morgan fingerprint density at radius 3 is 2.59 bits per heavy atom. The molecule has 0 radical (unpaired) electrons. The number of ether oxygens (including phenoxy) is 2. The van der Waals surface area contributed by atoms with E-state index in [-0.39, 0.29) is 6.54 Å². The average Bonchev–Trinajstić information content (AvgIpc) is 2.56. The van der Waals surface area contributed by atoms with Crippen LogP contribution in [0, 0.1) is 0 Å². The fourth-order valence-corrected chi connectivity index (χ4v) is 1.96. The third-order valence-corrected chi connectivity index (χ3v) is 3.10. The number of aliphatic hydroxyl groups excluding tert-OH is 1. The smallest absolute Gasteiger partial charge is 0.191 e. The zero-order valence-corrected chi connectivity index (χ0v) is 13.8. The summed E-state index contributed by atoms with van der Waals surface area (Å²) < 4.78 is 10.5. The molecule has 0 bridgehead atoms. The third kappa shape index (κ3) is 5.44. The molecule has 0 saturated carbocycles. The second-order valence-corrected chi connectivity index (χ2v) is 4.77. The van der Waals surface area contributed by atoms with E-state index in [0.717, 1.165) is 19.5 Å². The summed E-state index contributed by atoms with van der Waals surface area (Å²) in [6.45, 7) is 5.94. The molecule has 0 fully saturated rings. The number of benzene rings is 1. The molecule has 1 aromatic carbocycles. The van der Waals surface area contributed by atoms with Crippen LogP contribution in [0.2, 0.25) is 0 Å². The second kappa shape index (κ2) is 9.89. The molecule has 3 N–H and O–H groups in total. The fraction of sp³-hybridized carbons (Fsp3) is 0.562. The van der Waals surface area contributed by atoms with Crippen molar-refractivity contribution in [3.8, 4) is 11.5 Å². The first-order chi connectivity index (χ1) is 10.7. The molecule has 1 atom stereocenters. The van der Waals surface area contributed by atoms with Crippen LogP contribution in [0.1, 0.15) is 31.9 Å². The van der Waals surface area contributed by atoms with Crippen molar-refractivity contribution in [1.29, 1.82) is 0 Å². The molecule has 22 heavy (non-hydrogen) atoms. The van der Waals surface area contributed by atoms with Gasteiger partial charge in [0.2, 0.25) is 0 Å². The van der Waals surface area contributed by atoms with Crippen LogP contribution in [0.25, 0.3) is 0 Å². The van der Waals surface area contributed by atoms with E-state index in [4.69, 9.17) is 9.47 Å². The molecule has 6 heteroatoms. The number of aliphatic hydroxyl groups is 1. The minimum Gasteiger partial charge on any atom is -0.497 e. The highest BCUT2D eigenvalue weighted by molar-refractivity contribution is 5.79. The maximum Gasteiger partial charge on any atom is 0.191 e. The van der Waals surface area contributed by atoms with Gasteiger partial charge in [0.1, 0.15) is 17.6 Å². The predicted molar refractivity (Wildman–Crippen MR) is 88.8 cm³/mol. The van der Waals surface area contributed by atoms with Gasteiger partial charge in [-0.05, 0) is 31.5 Å². The van der Waals surface area contributed by atoms with E-state index in [9.17, 15) is 5.11 Å². The minimum atomic E-state index is -0.762. The van der Waals surface area contributed by atoms with E-state index >= 15 is 0 Å². The summed E-state index contributed by atoms with van der Waals surface area (Å²) in [7, 11) is 3.17. The van der Waals surface area contributed by atoms with Gasteiger partial charge in [-0.1, -0.05) is 6.92 Å². The Bertz CT molecular complexity index is 478. The second-order valence-electron chi connectivity index (χ2n) is 4.77. The summed E-state index contributed by atoms with van der Waals surface area (Å²) in [6.07, 6.45) is 0.249. The number of hydrogen-bond acceptors (Lipinski definition) is 4. The quantitative estimate of drug-likeness (QED) is 0.503. The Hall–Kier alpha value is -1.95. The zero-order chi connectivity index (χ0) is 16.4. The topological polar surface area (TPSA) is 75.1 Å². The van der Waals surface area contributed by atoms with Gasteiger partial charge in [0, 0.05) is 18.7 Å². The SMILES string of the molecule is CCCNC(=NCC(O)c1cc(OC)ccc1OC)NCC. The van der Waals surface area contributed by atoms with Crippen LogP contribution in [0.4, 0.5) is 0 Å². The van der Waals surface area contributed by atoms with Crippen molar-refractivity contribution in [2.24, 2.45) is 4.99 Å². The molecule has 0 aliphatic rings. The van der Waals surface area contributed by atoms with Crippen LogP contribution in [0.5, 0.6) is 11.5 Å². The standard InChI is InChI=1S/C16H27N3O3/c1-5-9-18-16(17-6-2)19-11-14(20)13-10-12(21-3)7-8-15(13)22-4/h7-8,10,14,20H,5-6,9,11H2,1-4H3,(H2,17,18,19). The predicted octanol–water partition coefficient (Wildman–Crippen LogP) is 1.70. The molecular formula is C16H27N3O3. The summed E-state index contributed by atoms with van der Waals surface area (Å²) in [5, 5.41) is 16.7. The van der Waals surface area contributed by atoms with E-state index in [1.54, 1.807) is 32.4 Å². The van der Waals surface area contributed by atoms with Gasteiger partial charge in [-0.2, -0.15) is 0 Å². The first-order valence-electron chi connectivity index (χ1n) is 7.58. The highest BCUT2D eigenvalue weighted by atomic mass is 16.5. The van der Waals surface area contributed by atoms with Crippen LogP contribution in [-0.2, 0) is 0 Å². The van der Waals surface area contributed by atoms with Crippen molar-refractivity contribution >= 4 is 5.96 Å². The summed E-state index contributed by atoms with van der Waals surface area (Å²) in [5.74, 6) is 2.00. The van der Waals surface area contributed by atoms with Crippen LogP contribution in [-0.4, -0.2) is 44.9 Å². The lowest BCUT2D eigenvalue weighted by molar-refractivity contribution is 0.182. The largest absolute Gasteiger partial charge is 0.497 e. The van der Waals surface area contributed by atoms with Crippen LogP contribution < -0.4 is 20.1 Å². The lowest BCUT2D eigenvalue weighted by atomic mass is 10.1. The number of rotatable bonds is 8. The normalized spacial score (nSPS) is 12.7. The van der Waals surface area contributed by atoms with Crippen molar-refractivity contribution in [2.75, 3.05) is 33.9 Å². The molecule has 124 valence electrons. The first kappa shape index (κ1) is 18.1. The molecule has 0 spiro atoms. The van der Waals surface area contributed by atoms with E-state index in [1.807, 2.05) is 6.92 Å². The monoisotopic (exact) mass is 309 g/mol. The van der Waals surface area contributed by atoms with E-state index in [2.05, 4.69) is 22.5 Å².